The molecule has 0 radical (unpaired) electrons. The zero-order valence-corrected chi connectivity index (χ0v) is 18.3. The third-order valence-corrected chi connectivity index (χ3v) is 6.07. The molecule has 5 rings (SSSR count). The molecule has 2 nitrogen and oxygen atoms in total. The largest absolute Gasteiger partial charge is 0.436 e. The van der Waals surface area contributed by atoms with E-state index in [0.29, 0.717) is 22.8 Å². The number of halogens is 9. The molecule has 0 aliphatic rings. The van der Waals surface area contributed by atoms with Gasteiger partial charge in [0.1, 0.15) is 11.6 Å². The first kappa shape index (κ1) is 24.7. The number of aromatic nitrogens is 2. The van der Waals surface area contributed by atoms with Crippen molar-refractivity contribution in [2.75, 3.05) is 0 Å². The van der Waals surface area contributed by atoms with Gasteiger partial charge in [-0.2, -0.15) is 26.3 Å². The summed E-state index contributed by atoms with van der Waals surface area (Å²) in [6, 6.07) is 17.9. The summed E-state index contributed by atoms with van der Waals surface area (Å²) in [4.78, 5) is 3.86. The summed E-state index contributed by atoms with van der Waals surface area (Å²) in [5, 5.41) is 1.70. The van der Waals surface area contributed by atoms with Crippen LogP contribution in [0.4, 0.5) is 39.5 Å². The van der Waals surface area contributed by atoms with Gasteiger partial charge in [0.25, 0.3) is 0 Å². The Morgan fingerprint density at radius 1 is 0.649 bits per heavy atom. The number of pyridine rings is 1. The van der Waals surface area contributed by atoms with Crippen LogP contribution < -0.4 is 0 Å². The summed E-state index contributed by atoms with van der Waals surface area (Å²) in [6.07, 6.45) is -12.2. The SMILES string of the molecule is Fc1ccc(-c2cc(-n3c4ccccc4c4ccccc43)ccn2)c(F)c1C(F)(C(F)(F)F)C(F)(F)F. The molecular weight excluding hydrogens is 511 g/mol. The van der Waals surface area contributed by atoms with Gasteiger partial charge in [-0.25, -0.2) is 13.2 Å². The van der Waals surface area contributed by atoms with Gasteiger partial charge in [-0.05, 0) is 36.4 Å². The molecule has 0 amide bonds. The Bertz CT molecular complexity index is 1580. The lowest BCUT2D eigenvalue weighted by atomic mass is 9.90. The van der Waals surface area contributed by atoms with E-state index in [1.807, 2.05) is 24.3 Å². The fourth-order valence-electron chi connectivity index (χ4n) is 4.42. The molecule has 0 saturated carbocycles. The molecule has 0 spiro atoms. The number of para-hydroxylation sites is 2. The Balaban J connectivity index is 1.75. The zero-order chi connectivity index (χ0) is 26.8. The van der Waals surface area contributed by atoms with E-state index >= 15 is 4.39 Å². The first-order valence-electron chi connectivity index (χ1n) is 10.6. The highest BCUT2D eigenvalue weighted by Crippen LogP contribution is 2.55. The summed E-state index contributed by atoms with van der Waals surface area (Å²) in [6.45, 7) is 0. The molecule has 0 bridgehead atoms. The van der Waals surface area contributed by atoms with E-state index in [0.717, 1.165) is 17.0 Å². The molecule has 0 atom stereocenters. The quantitative estimate of drug-likeness (QED) is 0.217. The van der Waals surface area contributed by atoms with Crippen LogP contribution in [0.25, 0.3) is 38.8 Å². The number of hydrogen-bond acceptors (Lipinski definition) is 1. The van der Waals surface area contributed by atoms with Gasteiger partial charge in [0, 0.05) is 28.2 Å². The molecule has 190 valence electrons. The normalized spacial score (nSPS) is 13.0. The maximum Gasteiger partial charge on any atom is 0.436 e. The second-order valence-electron chi connectivity index (χ2n) is 8.21. The fourth-order valence-corrected chi connectivity index (χ4v) is 4.42. The van der Waals surface area contributed by atoms with E-state index in [1.165, 1.54) is 12.1 Å². The predicted octanol–water partition coefficient (Wildman–Crippen LogP) is 8.41. The molecular formula is C26H13F9N2. The van der Waals surface area contributed by atoms with E-state index < -0.39 is 46.5 Å². The van der Waals surface area contributed by atoms with Crippen LogP contribution in [-0.2, 0) is 5.67 Å². The molecule has 2 aromatic heterocycles. The van der Waals surface area contributed by atoms with Crippen molar-refractivity contribution < 1.29 is 39.5 Å². The van der Waals surface area contributed by atoms with Crippen molar-refractivity contribution in [1.82, 2.24) is 9.55 Å². The second kappa shape index (κ2) is 8.25. The van der Waals surface area contributed by atoms with Gasteiger partial charge >= 0.3 is 18.0 Å². The number of hydrogen-bond donors (Lipinski definition) is 0. The van der Waals surface area contributed by atoms with Crippen molar-refractivity contribution >= 4 is 21.8 Å². The lowest BCUT2D eigenvalue weighted by Gasteiger charge is -2.31. The summed E-state index contributed by atoms with van der Waals surface area (Å²) in [5.41, 5.74) is -8.69. The summed E-state index contributed by atoms with van der Waals surface area (Å²) >= 11 is 0. The van der Waals surface area contributed by atoms with Crippen molar-refractivity contribution in [3.63, 3.8) is 0 Å². The lowest BCUT2D eigenvalue weighted by Crippen LogP contribution is -2.51. The Morgan fingerprint density at radius 2 is 1.19 bits per heavy atom. The Morgan fingerprint density at radius 3 is 1.73 bits per heavy atom. The molecule has 2 heterocycles. The molecule has 37 heavy (non-hydrogen) atoms. The summed E-state index contributed by atoms with van der Waals surface area (Å²) < 4.78 is 126. The second-order valence-corrected chi connectivity index (χ2v) is 8.21. The first-order valence-corrected chi connectivity index (χ1v) is 10.6. The Kier molecular flexibility index (Phi) is 5.50. The van der Waals surface area contributed by atoms with E-state index in [-0.39, 0.29) is 6.07 Å². The van der Waals surface area contributed by atoms with Gasteiger partial charge < -0.3 is 4.57 Å². The minimum absolute atomic E-state index is 0.147. The van der Waals surface area contributed by atoms with Crippen LogP contribution in [0.2, 0.25) is 0 Å². The van der Waals surface area contributed by atoms with Crippen LogP contribution in [0, 0.1) is 11.6 Å². The van der Waals surface area contributed by atoms with Crippen molar-refractivity contribution in [3.8, 4) is 16.9 Å². The molecule has 0 saturated heterocycles. The number of alkyl halides is 7. The van der Waals surface area contributed by atoms with Crippen LogP contribution in [0.3, 0.4) is 0 Å². The van der Waals surface area contributed by atoms with Gasteiger partial charge in [-0.15, -0.1) is 0 Å². The van der Waals surface area contributed by atoms with Gasteiger partial charge in [-0.3, -0.25) is 4.98 Å². The average Bonchev–Trinajstić information content (AvgIpc) is 3.17. The number of nitrogens with zero attached hydrogens (tertiary/aromatic N) is 2. The van der Waals surface area contributed by atoms with Crippen molar-refractivity contribution in [3.05, 3.63) is 96.2 Å². The molecule has 0 aliphatic carbocycles. The lowest BCUT2D eigenvalue weighted by molar-refractivity contribution is -0.350. The highest BCUT2D eigenvalue weighted by molar-refractivity contribution is 6.09. The number of fused-ring (bicyclic) bond motifs is 3. The third kappa shape index (κ3) is 3.63. The monoisotopic (exact) mass is 524 g/mol. The van der Waals surface area contributed by atoms with Gasteiger partial charge in [0.05, 0.1) is 22.3 Å². The molecule has 3 aromatic carbocycles. The Labute approximate surface area is 202 Å². The van der Waals surface area contributed by atoms with Crippen LogP contribution in [-0.4, -0.2) is 21.9 Å². The topological polar surface area (TPSA) is 17.8 Å². The smallest absolute Gasteiger partial charge is 0.309 e. The fraction of sp³-hybridized carbons (Fsp3) is 0.115. The van der Waals surface area contributed by atoms with Crippen LogP contribution in [0.5, 0.6) is 0 Å². The zero-order valence-electron chi connectivity index (χ0n) is 18.3. The molecule has 11 heteroatoms. The van der Waals surface area contributed by atoms with E-state index in [2.05, 4.69) is 4.98 Å². The molecule has 0 N–H and O–H groups in total. The number of benzene rings is 3. The molecule has 0 fully saturated rings. The molecule has 0 unspecified atom stereocenters. The third-order valence-electron chi connectivity index (χ3n) is 6.07. The van der Waals surface area contributed by atoms with Crippen molar-refractivity contribution in [2.45, 2.75) is 18.0 Å². The Hall–Kier alpha value is -4.02. The molecule has 0 aliphatic heterocycles. The van der Waals surface area contributed by atoms with Crippen LogP contribution in [0.15, 0.2) is 79.0 Å². The van der Waals surface area contributed by atoms with Gasteiger partial charge in [0.2, 0.25) is 0 Å². The predicted molar refractivity (Wildman–Crippen MR) is 119 cm³/mol. The van der Waals surface area contributed by atoms with E-state index in [4.69, 9.17) is 0 Å². The van der Waals surface area contributed by atoms with Crippen molar-refractivity contribution in [2.24, 2.45) is 0 Å². The minimum Gasteiger partial charge on any atom is -0.309 e. The highest BCUT2D eigenvalue weighted by Gasteiger charge is 2.75. The first-order chi connectivity index (χ1) is 17.4. The highest BCUT2D eigenvalue weighted by atomic mass is 19.4. The van der Waals surface area contributed by atoms with Crippen LogP contribution >= 0.6 is 0 Å². The van der Waals surface area contributed by atoms with E-state index in [9.17, 15) is 35.1 Å². The average molecular weight is 524 g/mol. The minimum atomic E-state index is -6.69. The maximum absolute atomic E-state index is 15.2. The maximum atomic E-state index is 15.2. The standard InChI is InChI=1S/C26H13F9N2/c27-18-10-9-17(23(28)22(18)24(29,25(30,31)32)26(33,34)35)19-13-14(11-12-36-19)37-20-7-3-1-5-15(20)16-6-2-4-8-21(16)37/h1-13H. The van der Waals surface area contributed by atoms with Gasteiger partial charge in [-0.1, -0.05) is 36.4 Å². The summed E-state index contributed by atoms with van der Waals surface area (Å²) in [5.74, 6) is -4.69. The van der Waals surface area contributed by atoms with E-state index in [1.54, 1.807) is 28.8 Å². The summed E-state index contributed by atoms with van der Waals surface area (Å²) in [7, 11) is 0. The van der Waals surface area contributed by atoms with Crippen molar-refractivity contribution in [1.29, 1.82) is 0 Å². The number of rotatable bonds is 3. The van der Waals surface area contributed by atoms with Gasteiger partial charge in [0.15, 0.2) is 0 Å². The molecule has 5 aromatic rings. The van der Waals surface area contributed by atoms with Crippen LogP contribution in [0.1, 0.15) is 5.56 Å².